The summed E-state index contributed by atoms with van der Waals surface area (Å²) < 4.78 is 0. The van der Waals surface area contributed by atoms with Gasteiger partial charge in [-0.2, -0.15) is 0 Å². The Bertz CT molecular complexity index is 439. The zero-order chi connectivity index (χ0) is 13.0. The van der Waals surface area contributed by atoms with Crippen molar-refractivity contribution in [1.29, 1.82) is 0 Å². The molecule has 1 fully saturated rings. The van der Waals surface area contributed by atoms with E-state index in [1.54, 1.807) is 0 Å². The van der Waals surface area contributed by atoms with Crippen LogP contribution in [0.3, 0.4) is 0 Å². The molecule has 98 valence electrons. The van der Waals surface area contributed by atoms with Crippen molar-refractivity contribution in [2.75, 3.05) is 0 Å². The summed E-state index contributed by atoms with van der Waals surface area (Å²) in [6.07, 6.45) is 6.76. The van der Waals surface area contributed by atoms with E-state index in [1.807, 2.05) is 23.9 Å². The maximum atomic E-state index is 8.67. The van der Waals surface area contributed by atoms with Crippen LogP contribution in [0.25, 0.3) is 0 Å². The zero-order valence-corrected chi connectivity index (χ0v) is 11.5. The number of thioether (sulfide) groups is 1. The molecule has 0 bridgehead atoms. The lowest BCUT2D eigenvalue weighted by Crippen LogP contribution is -2.13. The largest absolute Gasteiger partial charge is 0.409 e. The summed E-state index contributed by atoms with van der Waals surface area (Å²) in [6.45, 7) is 2.08. The Hall–Kier alpha value is -1.16. The van der Waals surface area contributed by atoms with Crippen LogP contribution in [-0.4, -0.2) is 16.3 Å². The average Bonchev–Trinajstić information content (AvgIpc) is 2.41. The number of amidine groups is 1. The first-order valence-corrected chi connectivity index (χ1v) is 7.34. The van der Waals surface area contributed by atoms with E-state index >= 15 is 0 Å². The van der Waals surface area contributed by atoms with Crippen molar-refractivity contribution in [3.8, 4) is 0 Å². The first-order chi connectivity index (χ1) is 8.70. The number of benzene rings is 1. The standard InChI is InChI=1S/C14H20N2OS/c1-10-9-11(14(15)16-17)7-8-13(10)18-12-5-3-2-4-6-12/h7-9,12,17H,2-6H2,1H3,(H2,15,16). The molecule has 1 aliphatic carbocycles. The molecule has 0 unspecified atom stereocenters. The molecular weight excluding hydrogens is 244 g/mol. The van der Waals surface area contributed by atoms with Gasteiger partial charge in [-0.3, -0.25) is 0 Å². The van der Waals surface area contributed by atoms with Crippen molar-refractivity contribution < 1.29 is 5.21 Å². The van der Waals surface area contributed by atoms with Gasteiger partial charge >= 0.3 is 0 Å². The molecule has 0 atom stereocenters. The highest BCUT2D eigenvalue weighted by atomic mass is 32.2. The number of hydrogen-bond donors (Lipinski definition) is 2. The van der Waals surface area contributed by atoms with Gasteiger partial charge in [-0.1, -0.05) is 30.5 Å². The number of aryl methyl sites for hydroxylation is 1. The summed E-state index contributed by atoms with van der Waals surface area (Å²) in [7, 11) is 0. The Balaban J connectivity index is 2.09. The first-order valence-electron chi connectivity index (χ1n) is 6.46. The van der Waals surface area contributed by atoms with Gasteiger partial charge in [-0.15, -0.1) is 11.8 Å². The Morgan fingerprint density at radius 2 is 2.06 bits per heavy atom. The molecule has 3 N–H and O–H groups in total. The molecule has 3 nitrogen and oxygen atoms in total. The Labute approximate surface area is 112 Å². The van der Waals surface area contributed by atoms with Crippen LogP contribution in [0, 0.1) is 6.92 Å². The molecule has 0 saturated heterocycles. The molecule has 1 aromatic carbocycles. The highest BCUT2D eigenvalue weighted by Gasteiger charge is 2.15. The fourth-order valence-electron chi connectivity index (χ4n) is 2.36. The number of nitrogens with two attached hydrogens (primary N) is 1. The molecule has 18 heavy (non-hydrogen) atoms. The van der Waals surface area contributed by atoms with Crippen LogP contribution in [0.4, 0.5) is 0 Å². The molecule has 4 heteroatoms. The van der Waals surface area contributed by atoms with Crippen molar-refractivity contribution in [3.05, 3.63) is 29.3 Å². The molecule has 1 aliphatic rings. The van der Waals surface area contributed by atoms with Crippen LogP contribution in [0.1, 0.15) is 43.2 Å². The monoisotopic (exact) mass is 264 g/mol. The van der Waals surface area contributed by atoms with Crippen LogP contribution >= 0.6 is 11.8 Å². The smallest absolute Gasteiger partial charge is 0.170 e. The maximum Gasteiger partial charge on any atom is 0.170 e. The summed E-state index contributed by atoms with van der Waals surface area (Å²) in [5.74, 6) is 0.173. The lowest BCUT2D eigenvalue weighted by Gasteiger charge is -2.21. The minimum absolute atomic E-state index is 0.173. The fourth-order valence-corrected chi connectivity index (χ4v) is 3.68. The van der Waals surface area contributed by atoms with Crippen molar-refractivity contribution in [1.82, 2.24) is 0 Å². The minimum atomic E-state index is 0.173. The number of nitrogens with zero attached hydrogens (tertiary/aromatic N) is 1. The molecule has 0 radical (unpaired) electrons. The third-order valence-electron chi connectivity index (χ3n) is 3.42. The van der Waals surface area contributed by atoms with Gasteiger partial charge in [0.25, 0.3) is 0 Å². The normalized spacial score (nSPS) is 17.9. The van der Waals surface area contributed by atoms with E-state index in [-0.39, 0.29) is 5.84 Å². The predicted octanol–water partition coefficient (Wildman–Crippen LogP) is 3.51. The molecule has 0 spiro atoms. The Kier molecular flexibility index (Phi) is 4.53. The Morgan fingerprint density at radius 3 is 2.67 bits per heavy atom. The predicted molar refractivity (Wildman–Crippen MR) is 76.4 cm³/mol. The third kappa shape index (κ3) is 3.19. The lowest BCUT2D eigenvalue weighted by atomic mass is 10.0. The molecule has 1 saturated carbocycles. The quantitative estimate of drug-likeness (QED) is 0.380. The van der Waals surface area contributed by atoms with Gasteiger partial charge in [-0.05, 0) is 37.5 Å². The maximum absolute atomic E-state index is 8.67. The molecule has 0 aromatic heterocycles. The van der Waals surface area contributed by atoms with E-state index in [1.165, 1.54) is 42.6 Å². The molecular formula is C14H20N2OS. The lowest BCUT2D eigenvalue weighted by molar-refractivity contribution is 0.318. The molecule has 0 amide bonds. The van der Waals surface area contributed by atoms with E-state index in [0.717, 1.165) is 10.8 Å². The molecule has 1 aromatic rings. The zero-order valence-electron chi connectivity index (χ0n) is 10.7. The van der Waals surface area contributed by atoms with Gasteiger partial charge in [-0.25, -0.2) is 0 Å². The minimum Gasteiger partial charge on any atom is -0.409 e. The van der Waals surface area contributed by atoms with Crippen molar-refractivity contribution >= 4 is 17.6 Å². The van der Waals surface area contributed by atoms with E-state index < -0.39 is 0 Å². The van der Waals surface area contributed by atoms with Crippen LogP contribution < -0.4 is 5.73 Å². The second-order valence-corrected chi connectivity index (χ2v) is 6.19. The number of rotatable bonds is 3. The van der Waals surface area contributed by atoms with Crippen LogP contribution in [0.2, 0.25) is 0 Å². The van der Waals surface area contributed by atoms with Gasteiger partial charge in [0.05, 0.1) is 0 Å². The van der Waals surface area contributed by atoms with E-state index in [2.05, 4.69) is 18.1 Å². The first kappa shape index (κ1) is 13.3. The highest BCUT2D eigenvalue weighted by molar-refractivity contribution is 8.00. The Morgan fingerprint density at radius 1 is 1.33 bits per heavy atom. The summed E-state index contributed by atoms with van der Waals surface area (Å²) >= 11 is 1.98. The second-order valence-electron chi connectivity index (χ2n) is 4.84. The van der Waals surface area contributed by atoms with Gasteiger partial charge in [0, 0.05) is 15.7 Å². The molecule has 2 rings (SSSR count). The van der Waals surface area contributed by atoms with Crippen LogP contribution in [-0.2, 0) is 0 Å². The number of hydrogen-bond acceptors (Lipinski definition) is 3. The summed E-state index contributed by atoms with van der Waals surface area (Å²) in [5, 5.41) is 12.5. The third-order valence-corrected chi connectivity index (χ3v) is 4.94. The molecule has 0 aliphatic heterocycles. The molecule has 0 heterocycles. The van der Waals surface area contributed by atoms with E-state index in [9.17, 15) is 0 Å². The van der Waals surface area contributed by atoms with Gasteiger partial charge in [0.1, 0.15) is 0 Å². The van der Waals surface area contributed by atoms with Crippen molar-refractivity contribution in [2.24, 2.45) is 10.9 Å². The number of oxime groups is 1. The summed E-state index contributed by atoms with van der Waals surface area (Å²) in [4.78, 5) is 1.32. The van der Waals surface area contributed by atoms with Crippen LogP contribution in [0.5, 0.6) is 0 Å². The fraction of sp³-hybridized carbons (Fsp3) is 0.500. The summed E-state index contributed by atoms with van der Waals surface area (Å²) in [5.41, 5.74) is 7.57. The van der Waals surface area contributed by atoms with Gasteiger partial charge in [0.2, 0.25) is 0 Å². The summed E-state index contributed by atoms with van der Waals surface area (Å²) in [6, 6.07) is 6.00. The van der Waals surface area contributed by atoms with Gasteiger partial charge < -0.3 is 10.9 Å². The van der Waals surface area contributed by atoms with E-state index in [4.69, 9.17) is 10.9 Å². The van der Waals surface area contributed by atoms with Crippen LogP contribution in [0.15, 0.2) is 28.3 Å². The van der Waals surface area contributed by atoms with Crippen molar-refractivity contribution in [3.63, 3.8) is 0 Å². The van der Waals surface area contributed by atoms with Gasteiger partial charge in [0.15, 0.2) is 5.84 Å². The SMILES string of the molecule is Cc1cc(/C(N)=N/O)ccc1SC1CCCCC1. The average molecular weight is 264 g/mol. The second kappa shape index (κ2) is 6.14. The van der Waals surface area contributed by atoms with Crippen molar-refractivity contribution in [2.45, 2.75) is 49.2 Å². The topological polar surface area (TPSA) is 58.6 Å². The highest BCUT2D eigenvalue weighted by Crippen LogP contribution is 2.35. The van der Waals surface area contributed by atoms with E-state index in [0.29, 0.717) is 0 Å².